The molecule has 1 N–H and O–H groups in total. The van der Waals surface area contributed by atoms with Crippen molar-refractivity contribution in [2.24, 2.45) is 0 Å². The summed E-state index contributed by atoms with van der Waals surface area (Å²) in [7, 11) is 0. The molecule has 0 aliphatic carbocycles. The van der Waals surface area contributed by atoms with Gasteiger partial charge in [-0.1, -0.05) is 6.47 Å². The first-order valence-corrected chi connectivity index (χ1v) is 0.428. The molecule has 0 unspecified atom stereocenters. The summed E-state index contributed by atoms with van der Waals surface area (Å²) in [6.45, 7) is 0.500. The molecule has 0 atom stereocenters. The first-order valence-electron chi connectivity index (χ1n) is 0.428. The fourth-order valence-corrected chi connectivity index (χ4v) is 0. The van der Waals surface area contributed by atoms with Gasteiger partial charge in [0.15, 0.2) is 0 Å². The molecule has 4 heavy (non-hydrogen) atoms. The van der Waals surface area contributed by atoms with E-state index in [1.807, 2.05) is 0 Å². The van der Waals surface area contributed by atoms with Gasteiger partial charge in [-0.25, -0.2) is 0 Å². The Kier molecular flexibility index (Phi) is 25.3. The molecule has 25 valence electrons. The maximum absolute atomic E-state index is 8.24. The molecule has 2 nitrogen and oxygen atoms in total. The predicted molar refractivity (Wildman–Crippen MR) is 8.32 cm³/mol. The van der Waals surface area contributed by atoms with Crippen molar-refractivity contribution in [1.29, 1.82) is 0 Å². The van der Waals surface area contributed by atoms with Gasteiger partial charge in [0.1, 0.15) is 0 Å². The van der Waals surface area contributed by atoms with Crippen LogP contribution in [0.5, 0.6) is 0 Å². The van der Waals surface area contributed by atoms with E-state index < -0.39 is 0 Å². The van der Waals surface area contributed by atoms with Crippen molar-refractivity contribution in [3.63, 3.8) is 0 Å². The molecule has 0 rings (SSSR count). The van der Waals surface area contributed by atoms with Crippen molar-refractivity contribution in [3.8, 4) is 0 Å². The molecule has 0 aromatic rings. The number of hydrogen-bond donors (Lipinski definition) is 1. The van der Waals surface area contributed by atoms with Gasteiger partial charge >= 0.3 is 19.5 Å². The Labute approximate surface area is 36.6 Å². The Hall–Kier alpha value is 0.0934. The van der Waals surface area contributed by atoms with Crippen LogP contribution in [0, 0.1) is 0 Å². The van der Waals surface area contributed by atoms with Gasteiger partial charge in [-0.15, -0.1) is 0 Å². The van der Waals surface area contributed by atoms with Crippen molar-refractivity contribution < 1.29 is 29.4 Å². The molecule has 0 aromatic carbocycles. The summed E-state index contributed by atoms with van der Waals surface area (Å²) in [5.41, 5.74) is 0. The molecular formula is CHO2Ru. The quantitative estimate of drug-likeness (QED) is 0.373. The van der Waals surface area contributed by atoms with E-state index in [0.717, 1.165) is 0 Å². The SMILES string of the molecule is O=[C-]O.[Ru+]. The van der Waals surface area contributed by atoms with E-state index in [4.69, 9.17) is 9.90 Å². The van der Waals surface area contributed by atoms with Crippen LogP contribution in [0.15, 0.2) is 0 Å². The largest absolute Gasteiger partial charge is 1.00 e. The van der Waals surface area contributed by atoms with Crippen LogP contribution in [0.2, 0.25) is 0 Å². The number of rotatable bonds is 0. The fraction of sp³-hybridized carbons (Fsp3) is 0. The molecule has 0 aromatic heterocycles. The molecule has 0 spiro atoms. The maximum Gasteiger partial charge on any atom is 1.00 e. The maximum atomic E-state index is 8.24. The molecule has 0 bridgehead atoms. The first-order chi connectivity index (χ1) is 1.41. The minimum Gasteiger partial charge on any atom is -0.665 e. The van der Waals surface area contributed by atoms with Gasteiger partial charge in [-0.05, 0) is 0 Å². The van der Waals surface area contributed by atoms with E-state index >= 15 is 0 Å². The van der Waals surface area contributed by atoms with E-state index in [9.17, 15) is 0 Å². The van der Waals surface area contributed by atoms with Gasteiger partial charge in [0, 0.05) is 0 Å². The van der Waals surface area contributed by atoms with Gasteiger partial charge in [0.2, 0.25) is 0 Å². The fourth-order valence-electron chi connectivity index (χ4n) is 0. The van der Waals surface area contributed by atoms with Crippen molar-refractivity contribution in [2.75, 3.05) is 0 Å². The standard InChI is InChI=1S/CHO2.Ru/c2-1-3;/h(H,2,3);/q-1;+1. The summed E-state index contributed by atoms with van der Waals surface area (Å²) in [5, 5.41) is 6.76. The monoisotopic (exact) mass is 147 g/mol. The molecule has 0 saturated heterocycles. The Morgan fingerprint density at radius 3 is 1.75 bits per heavy atom. The normalized spacial score (nSPS) is 3.00. The molecule has 3 heteroatoms. The molecule has 1 radical (unpaired) electrons. The Morgan fingerprint density at radius 2 is 1.75 bits per heavy atom. The second-order valence-electron chi connectivity index (χ2n) is 0.0913. The summed E-state index contributed by atoms with van der Waals surface area (Å²) in [4.78, 5) is 8.24. The zero-order valence-electron chi connectivity index (χ0n) is 1.71. The third kappa shape index (κ3) is 287. The minimum absolute atomic E-state index is 0. The average Bonchev–Trinajstić information content (AvgIpc) is 0.918. The summed E-state index contributed by atoms with van der Waals surface area (Å²) >= 11 is 0. The van der Waals surface area contributed by atoms with E-state index in [1.54, 1.807) is 0 Å². The van der Waals surface area contributed by atoms with Crippen molar-refractivity contribution >= 4 is 6.47 Å². The zero-order chi connectivity index (χ0) is 2.71. The summed E-state index contributed by atoms with van der Waals surface area (Å²) in [6.07, 6.45) is 0. The van der Waals surface area contributed by atoms with E-state index in [0.29, 0.717) is 6.47 Å². The van der Waals surface area contributed by atoms with Crippen LogP contribution in [-0.4, -0.2) is 11.6 Å². The smallest absolute Gasteiger partial charge is 0.665 e. The molecule has 0 saturated carbocycles. The number of hydrogen-bond acceptors (Lipinski definition) is 1. The Balaban J connectivity index is 0. The molecule has 0 aliphatic heterocycles. The molecule has 0 fully saturated rings. The van der Waals surface area contributed by atoms with Crippen LogP contribution in [0.3, 0.4) is 0 Å². The molecule has 0 amide bonds. The Bertz CT molecular complexity index is 13.5. The third-order valence-electron chi connectivity index (χ3n) is 0. The van der Waals surface area contributed by atoms with Crippen LogP contribution in [0.25, 0.3) is 0 Å². The van der Waals surface area contributed by atoms with Crippen LogP contribution < -0.4 is 0 Å². The van der Waals surface area contributed by atoms with Crippen LogP contribution >= 0.6 is 0 Å². The Morgan fingerprint density at radius 1 is 1.75 bits per heavy atom. The van der Waals surface area contributed by atoms with E-state index in [-0.39, 0.29) is 19.5 Å². The van der Waals surface area contributed by atoms with Gasteiger partial charge < -0.3 is 9.90 Å². The summed E-state index contributed by atoms with van der Waals surface area (Å²) in [6, 6.07) is 0. The number of aliphatic hydroxyl groups excluding tert-OH is 1. The van der Waals surface area contributed by atoms with Crippen molar-refractivity contribution in [1.82, 2.24) is 0 Å². The van der Waals surface area contributed by atoms with Crippen LogP contribution in [0.1, 0.15) is 0 Å². The molecule has 0 aliphatic rings. The summed E-state index contributed by atoms with van der Waals surface area (Å²) in [5.74, 6) is 0. The first kappa shape index (κ1) is 8.94. The molecule has 0 heterocycles. The van der Waals surface area contributed by atoms with Crippen LogP contribution in [-0.2, 0) is 24.3 Å². The van der Waals surface area contributed by atoms with Gasteiger partial charge in [0.25, 0.3) is 0 Å². The van der Waals surface area contributed by atoms with E-state index in [2.05, 4.69) is 0 Å². The van der Waals surface area contributed by atoms with Gasteiger partial charge in [-0.2, -0.15) is 0 Å². The van der Waals surface area contributed by atoms with Crippen LogP contribution in [0.4, 0.5) is 0 Å². The topological polar surface area (TPSA) is 37.3 Å². The second kappa shape index (κ2) is 11.3. The van der Waals surface area contributed by atoms with Gasteiger partial charge in [0.05, 0.1) is 0 Å². The third-order valence-corrected chi connectivity index (χ3v) is 0. The molecular weight excluding hydrogens is 145 g/mol. The average molecular weight is 146 g/mol. The van der Waals surface area contributed by atoms with Crippen molar-refractivity contribution in [2.45, 2.75) is 0 Å². The summed E-state index contributed by atoms with van der Waals surface area (Å²) < 4.78 is 0. The van der Waals surface area contributed by atoms with Gasteiger partial charge in [-0.3, -0.25) is 0 Å². The van der Waals surface area contributed by atoms with Crippen molar-refractivity contribution in [3.05, 3.63) is 0 Å². The zero-order valence-corrected chi connectivity index (χ0v) is 3.45. The minimum atomic E-state index is 0. The predicted octanol–water partition coefficient (Wildman–Crippen LogP) is -0.391. The second-order valence-corrected chi connectivity index (χ2v) is 0.0913. The van der Waals surface area contributed by atoms with E-state index in [1.165, 1.54) is 0 Å².